The first-order valence-corrected chi connectivity index (χ1v) is 6.41. The molecule has 0 amide bonds. The van der Waals surface area contributed by atoms with Crippen molar-refractivity contribution in [3.8, 4) is 17.0 Å². The van der Waals surface area contributed by atoms with E-state index in [0.29, 0.717) is 0 Å². The Balaban J connectivity index is 1.93. The van der Waals surface area contributed by atoms with Crippen LogP contribution in [-0.2, 0) is 0 Å². The zero-order valence-corrected chi connectivity index (χ0v) is 10.6. The van der Waals surface area contributed by atoms with Crippen molar-refractivity contribution in [2.45, 2.75) is 0 Å². The van der Waals surface area contributed by atoms with E-state index in [0.717, 1.165) is 43.3 Å². The van der Waals surface area contributed by atoms with Crippen molar-refractivity contribution in [1.82, 2.24) is 15.3 Å². The number of nitrogens with one attached hydrogen (secondary N) is 1. The van der Waals surface area contributed by atoms with Crippen molar-refractivity contribution in [2.24, 2.45) is 0 Å². The number of hydrogen-bond acceptors (Lipinski definition) is 5. The number of hydrogen-bond donors (Lipinski definition) is 2. The van der Waals surface area contributed by atoms with Crippen LogP contribution in [0.3, 0.4) is 0 Å². The fourth-order valence-corrected chi connectivity index (χ4v) is 2.25. The molecule has 3 rings (SSSR count). The molecular formula is C14H16N4O. The largest absolute Gasteiger partial charge is 0.507 e. The minimum atomic E-state index is 0.243. The molecule has 1 saturated heterocycles. The van der Waals surface area contributed by atoms with E-state index in [-0.39, 0.29) is 5.75 Å². The molecule has 1 aliphatic heterocycles. The molecule has 1 aromatic carbocycles. The van der Waals surface area contributed by atoms with Crippen LogP contribution in [0.5, 0.6) is 5.75 Å². The van der Waals surface area contributed by atoms with E-state index in [2.05, 4.69) is 20.2 Å². The van der Waals surface area contributed by atoms with E-state index < -0.39 is 0 Å². The van der Waals surface area contributed by atoms with E-state index in [1.165, 1.54) is 0 Å². The molecule has 2 aromatic rings. The molecule has 0 spiro atoms. The van der Waals surface area contributed by atoms with Gasteiger partial charge in [0.05, 0.1) is 5.69 Å². The van der Waals surface area contributed by atoms with Gasteiger partial charge in [0.25, 0.3) is 0 Å². The summed E-state index contributed by atoms with van der Waals surface area (Å²) >= 11 is 0. The second kappa shape index (κ2) is 5.24. The second-order valence-electron chi connectivity index (χ2n) is 4.52. The smallest absolute Gasteiger partial charge is 0.132 e. The highest BCUT2D eigenvalue weighted by atomic mass is 16.3. The Morgan fingerprint density at radius 2 is 1.89 bits per heavy atom. The summed E-state index contributed by atoms with van der Waals surface area (Å²) in [5.41, 5.74) is 1.49. The molecule has 1 aromatic heterocycles. The van der Waals surface area contributed by atoms with Crippen LogP contribution in [0.15, 0.2) is 36.7 Å². The van der Waals surface area contributed by atoms with Crippen LogP contribution < -0.4 is 10.2 Å². The Bertz CT molecular complexity index is 567. The first-order chi connectivity index (χ1) is 9.34. The van der Waals surface area contributed by atoms with Gasteiger partial charge in [-0.05, 0) is 12.1 Å². The second-order valence-corrected chi connectivity index (χ2v) is 4.52. The van der Waals surface area contributed by atoms with Crippen molar-refractivity contribution >= 4 is 5.82 Å². The molecule has 0 atom stereocenters. The molecule has 0 aliphatic carbocycles. The first kappa shape index (κ1) is 11.9. The number of aromatic nitrogens is 2. The van der Waals surface area contributed by atoms with E-state index in [4.69, 9.17) is 0 Å². The summed E-state index contributed by atoms with van der Waals surface area (Å²) in [5.74, 6) is 1.15. The van der Waals surface area contributed by atoms with Crippen LogP contribution in [0.4, 0.5) is 5.82 Å². The monoisotopic (exact) mass is 256 g/mol. The number of piperazine rings is 1. The van der Waals surface area contributed by atoms with Crippen molar-refractivity contribution in [1.29, 1.82) is 0 Å². The first-order valence-electron chi connectivity index (χ1n) is 6.41. The molecule has 5 nitrogen and oxygen atoms in total. The molecule has 0 bridgehead atoms. The number of nitrogens with zero attached hydrogens (tertiary/aromatic N) is 3. The topological polar surface area (TPSA) is 61.3 Å². The van der Waals surface area contributed by atoms with Crippen molar-refractivity contribution in [3.05, 3.63) is 36.7 Å². The predicted molar refractivity (Wildman–Crippen MR) is 74.2 cm³/mol. The van der Waals surface area contributed by atoms with Gasteiger partial charge in [-0.2, -0.15) is 0 Å². The third-order valence-electron chi connectivity index (χ3n) is 3.27. The summed E-state index contributed by atoms with van der Waals surface area (Å²) in [7, 11) is 0. The number of phenols is 1. The zero-order valence-electron chi connectivity index (χ0n) is 10.6. The van der Waals surface area contributed by atoms with Crippen LogP contribution in [0.1, 0.15) is 0 Å². The lowest BCUT2D eigenvalue weighted by molar-refractivity contribution is 0.477. The molecule has 0 saturated carbocycles. The summed E-state index contributed by atoms with van der Waals surface area (Å²) in [6.07, 6.45) is 1.55. The van der Waals surface area contributed by atoms with E-state index in [9.17, 15) is 5.11 Å². The average Bonchev–Trinajstić information content (AvgIpc) is 2.49. The van der Waals surface area contributed by atoms with Crippen LogP contribution in [0.25, 0.3) is 11.3 Å². The summed E-state index contributed by atoms with van der Waals surface area (Å²) < 4.78 is 0. The highest BCUT2D eigenvalue weighted by molar-refractivity contribution is 5.68. The number of phenolic OH excluding ortho intramolecular Hbond substituents is 1. The maximum absolute atomic E-state index is 9.88. The molecule has 1 fully saturated rings. The average molecular weight is 256 g/mol. The Hall–Kier alpha value is -2.14. The molecule has 2 heterocycles. The number of rotatable bonds is 2. The zero-order chi connectivity index (χ0) is 13.1. The van der Waals surface area contributed by atoms with Gasteiger partial charge in [-0.15, -0.1) is 0 Å². The van der Waals surface area contributed by atoms with Crippen molar-refractivity contribution in [3.63, 3.8) is 0 Å². The lowest BCUT2D eigenvalue weighted by Crippen LogP contribution is -2.43. The van der Waals surface area contributed by atoms with Gasteiger partial charge in [0.15, 0.2) is 0 Å². The minimum absolute atomic E-state index is 0.243. The van der Waals surface area contributed by atoms with Gasteiger partial charge in [-0.3, -0.25) is 0 Å². The van der Waals surface area contributed by atoms with Crippen molar-refractivity contribution < 1.29 is 5.11 Å². The lowest BCUT2D eigenvalue weighted by atomic mass is 10.1. The summed E-state index contributed by atoms with van der Waals surface area (Å²) in [4.78, 5) is 10.8. The molecule has 98 valence electrons. The normalized spacial score (nSPS) is 15.5. The van der Waals surface area contributed by atoms with Crippen LogP contribution in [0, 0.1) is 0 Å². The molecule has 0 unspecified atom stereocenters. The van der Waals surface area contributed by atoms with E-state index in [1.54, 1.807) is 18.5 Å². The Morgan fingerprint density at radius 3 is 2.68 bits per heavy atom. The maximum Gasteiger partial charge on any atom is 0.132 e. The highest BCUT2D eigenvalue weighted by Gasteiger charge is 2.13. The molecule has 1 aliphatic rings. The lowest BCUT2D eigenvalue weighted by Gasteiger charge is -2.28. The third kappa shape index (κ3) is 2.51. The fourth-order valence-electron chi connectivity index (χ4n) is 2.25. The van der Waals surface area contributed by atoms with Gasteiger partial charge in [-0.1, -0.05) is 12.1 Å². The summed E-state index contributed by atoms with van der Waals surface area (Å²) in [5, 5.41) is 13.2. The Labute approximate surface area is 111 Å². The van der Waals surface area contributed by atoms with Gasteiger partial charge in [-0.25, -0.2) is 9.97 Å². The molecule has 19 heavy (non-hydrogen) atoms. The molecule has 5 heteroatoms. The number of anilines is 1. The van der Waals surface area contributed by atoms with Gasteiger partial charge < -0.3 is 15.3 Å². The summed E-state index contributed by atoms with van der Waals surface area (Å²) in [6.45, 7) is 3.82. The summed E-state index contributed by atoms with van der Waals surface area (Å²) in [6, 6.07) is 9.15. The highest BCUT2D eigenvalue weighted by Crippen LogP contribution is 2.28. The Kier molecular flexibility index (Phi) is 3.29. The van der Waals surface area contributed by atoms with Gasteiger partial charge in [0.2, 0.25) is 0 Å². The van der Waals surface area contributed by atoms with Gasteiger partial charge in [0, 0.05) is 37.8 Å². The molecular weight excluding hydrogens is 240 g/mol. The number of aromatic hydroxyl groups is 1. The molecule has 2 N–H and O–H groups in total. The fraction of sp³-hybridized carbons (Fsp3) is 0.286. The number of para-hydroxylation sites is 1. The van der Waals surface area contributed by atoms with Crippen LogP contribution >= 0.6 is 0 Å². The van der Waals surface area contributed by atoms with Crippen LogP contribution in [-0.4, -0.2) is 41.3 Å². The molecule has 0 radical (unpaired) electrons. The minimum Gasteiger partial charge on any atom is -0.507 e. The third-order valence-corrected chi connectivity index (χ3v) is 3.27. The standard InChI is InChI=1S/C14H16N4O/c19-13-4-2-1-3-11(13)12-9-14(17-10-16-12)18-7-5-15-6-8-18/h1-4,9-10,15,19H,5-8H2. The Morgan fingerprint density at radius 1 is 1.11 bits per heavy atom. The number of benzene rings is 1. The SMILES string of the molecule is Oc1ccccc1-c1cc(N2CCNCC2)ncn1. The maximum atomic E-state index is 9.88. The van der Waals surface area contributed by atoms with E-state index >= 15 is 0 Å². The van der Waals surface area contributed by atoms with Crippen molar-refractivity contribution in [2.75, 3.05) is 31.1 Å². The van der Waals surface area contributed by atoms with E-state index in [1.807, 2.05) is 18.2 Å². The van der Waals surface area contributed by atoms with Crippen LogP contribution in [0.2, 0.25) is 0 Å². The van der Waals surface area contributed by atoms with Gasteiger partial charge in [0.1, 0.15) is 17.9 Å². The predicted octanol–water partition coefficient (Wildman–Crippen LogP) is 1.26. The quantitative estimate of drug-likeness (QED) is 0.847. The van der Waals surface area contributed by atoms with Gasteiger partial charge >= 0.3 is 0 Å².